The molecule has 0 radical (unpaired) electrons. The zero-order chi connectivity index (χ0) is 31.7. The predicted molar refractivity (Wildman–Crippen MR) is 151 cm³/mol. The first-order chi connectivity index (χ1) is 19.4. The Hall–Kier alpha value is -4.44. The Labute approximate surface area is 240 Å². The Morgan fingerprint density at radius 1 is 0.976 bits per heavy atom. The number of sulfone groups is 1. The average Bonchev–Trinajstić information content (AvgIpc) is 2.87. The van der Waals surface area contributed by atoms with Crippen LogP contribution < -0.4 is 15.9 Å². The molecular weight excluding hydrogens is 601 g/mol. The Bertz CT molecular complexity index is 1660. The number of nitrogens with one attached hydrogen (secondary N) is 2. The summed E-state index contributed by atoms with van der Waals surface area (Å²) in [7, 11) is -7.19. The third kappa shape index (κ3) is 10.9. The fourth-order valence-corrected chi connectivity index (χ4v) is 4.98. The lowest BCUT2D eigenvalue weighted by Gasteiger charge is -2.20. The van der Waals surface area contributed by atoms with Crippen LogP contribution in [0.25, 0.3) is 11.1 Å². The van der Waals surface area contributed by atoms with Gasteiger partial charge in [-0.15, -0.1) is 0 Å². The number of halogens is 3. The maximum absolute atomic E-state index is 12.8. The molecule has 0 aliphatic rings. The lowest BCUT2D eigenvalue weighted by molar-refractivity contribution is -0.192. The van der Waals surface area contributed by atoms with Crippen molar-refractivity contribution in [3.8, 4) is 11.1 Å². The predicted octanol–water partition coefficient (Wildman–Crippen LogP) is 2.78. The highest BCUT2D eigenvalue weighted by atomic mass is 32.2. The van der Waals surface area contributed by atoms with Gasteiger partial charge in [0.25, 0.3) is 5.91 Å². The molecule has 0 saturated heterocycles. The molecule has 5 N–H and O–H groups in total. The zero-order valence-corrected chi connectivity index (χ0v) is 23.8. The van der Waals surface area contributed by atoms with Gasteiger partial charge in [0.05, 0.1) is 17.4 Å². The first kappa shape index (κ1) is 33.8. The van der Waals surface area contributed by atoms with Crippen LogP contribution in [0.15, 0.2) is 82.8 Å². The van der Waals surface area contributed by atoms with E-state index < -0.39 is 44.0 Å². The number of nitrogens with two attached hydrogens (primary N) is 1. The Morgan fingerprint density at radius 2 is 1.57 bits per heavy atom. The van der Waals surface area contributed by atoms with Crippen molar-refractivity contribution < 1.29 is 44.7 Å². The second-order valence-corrected chi connectivity index (χ2v) is 12.5. The summed E-state index contributed by atoms with van der Waals surface area (Å²) in [6, 6.07) is 19.8. The number of amides is 1. The molecule has 226 valence electrons. The number of aliphatic carboxylic acids is 1. The van der Waals surface area contributed by atoms with Crippen molar-refractivity contribution in [2.45, 2.75) is 23.5 Å². The van der Waals surface area contributed by atoms with Gasteiger partial charge in [-0.05, 0) is 34.9 Å². The van der Waals surface area contributed by atoms with Crippen molar-refractivity contribution >= 4 is 43.6 Å². The normalized spacial score (nSPS) is 12.6. The molecular formula is C26H27F3N4O7S2. The minimum atomic E-state index is -5.08. The topological polar surface area (TPSA) is 185 Å². The van der Waals surface area contributed by atoms with Gasteiger partial charge in [-0.25, -0.2) is 21.6 Å². The maximum Gasteiger partial charge on any atom is 0.490 e. The lowest BCUT2D eigenvalue weighted by atomic mass is 10.0. The maximum atomic E-state index is 12.8. The van der Waals surface area contributed by atoms with Gasteiger partial charge in [-0.1, -0.05) is 54.6 Å². The molecule has 3 aromatic rings. The summed E-state index contributed by atoms with van der Waals surface area (Å²) in [5.41, 5.74) is 3.30. The Morgan fingerprint density at radius 3 is 2.10 bits per heavy atom. The van der Waals surface area contributed by atoms with Gasteiger partial charge in [0.1, 0.15) is 6.04 Å². The highest BCUT2D eigenvalue weighted by Crippen LogP contribution is 2.28. The molecule has 0 aliphatic carbocycles. The molecule has 0 bridgehead atoms. The molecule has 3 aromatic carbocycles. The SMILES string of the molecule is CS(=O)(=O)NC(=O)[C@H](Cc1cccc(C=NN)c1)Nc1ccc(-c2ccccc2S(C)(=O)=O)cc1.O=C(O)C(F)(F)F. The van der Waals surface area contributed by atoms with E-state index in [-0.39, 0.29) is 11.3 Å². The minimum absolute atomic E-state index is 0.187. The molecule has 1 amide bonds. The summed E-state index contributed by atoms with van der Waals surface area (Å²) in [4.78, 5) is 21.9. The van der Waals surface area contributed by atoms with Crippen molar-refractivity contribution in [1.82, 2.24) is 4.72 Å². The lowest BCUT2D eigenvalue weighted by Crippen LogP contribution is -2.43. The highest BCUT2D eigenvalue weighted by molar-refractivity contribution is 7.90. The van der Waals surface area contributed by atoms with Crippen molar-refractivity contribution in [3.05, 3.63) is 83.9 Å². The van der Waals surface area contributed by atoms with E-state index in [1.165, 1.54) is 6.21 Å². The molecule has 0 spiro atoms. The van der Waals surface area contributed by atoms with E-state index in [1.807, 2.05) is 10.8 Å². The summed E-state index contributed by atoms with van der Waals surface area (Å²) in [6.07, 6.45) is -1.36. The standard InChI is InChI=1S/C24H26N4O5S2.C2HF3O2/c1-34(30,31)23-9-4-3-8-21(23)19-10-12-20(13-11-19)27-22(24(29)28-35(2,32)33)15-17-6-5-7-18(14-17)16-26-25;3-2(4,5)1(6)7/h3-14,16,22,27H,15,25H2,1-2H3,(H,28,29);(H,6,7)/t22-;/m0./s1. The second-order valence-electron chi connectivity index (χ2n) is 8.81. The molecule has 0 aliphatic heterocycles. The molecule has 11 nitrogen and oxygen atoms in total. The number of nitrogens with zero attached hydrogens (tertiary/aromatic N) is 1. The molecule has 1 atom stereocenters. The van der Waals surface area contributed by atoms with Crippen LogP contribution in [-0.2, 0) is 35.9 Å². The largest absolute Gasteiger partial charge is 0.490 e. The number of sulfonamides is 1. The summed E-state index contributed by atoms with van der Waals surface area (Å²) < 4.78 is 81.4. The highest BCUT2D eigenvalue weighted by Gasteiger charge is 2.38. The van der Waals surface area contributed by atoms with E-state index in [9.17, 15) is 34.8 Å². The van der Waals surface area contributed by atoms with Crippen LogP contribution in [0.2, 0.25) is 0 Å². The quantitative estimate of drug-likeness (QED) is 0.157. The number of carbonyl (C=O) groups is 2. The van der Waals surface area contributed by atoms with E-state index >= 15 is 0 Å². The second kappa shape index (κ2) is 14.0. The molecule has 0 fully saturated rings. The molecule has 0 unspecified atom stereocenters. The van der Waals surface area contributed by atoms with E-state index in [4.69, 9.17) is 15.7 Å². The number of benzene rings is 3. The van der Waals surface area contributed by atoms with Crippen molar-refractivity contribution in [3.63, 3.8) is 0 Å². The fourth-order valence-electron chi connectivity index (χ4n) is 3.56. The summed E-state index contributed by atoms with van der Waals surface area (Å²) in [5.74, 6) is 1.74. The van der Waals surface area contributed by atoms with E-state index in [1.54, 1.807) is 66.7 Å². The first-order valence-corrected chi connectivity index (χ1v) is 15.5. The number of hydrogen-bond donors (Lipinski definition) is 4. The Balaban J connectivity index is 0.000000782. The monoisotopic (exact) mass is 628 g/mol. The number of carboxylic acids is 1. The van der Waals surface area contributed by atoms with Gasteiger partial charge in [0, 0.05) is 23.9 Å². The number of anilines is 1. The van der Waals surface area contributed by atoms with Crippen LogP contribution in [-0.4, -0.2) is 64.8 Å². The average molecular weight is 629 g/mol. The number of rotatable bonds is 9. The summed E-state index contributed by atoms with van der Waals surface area (Å²) in [6.45, 7) is 0. The van der Waals surface area contributed by atoms with Crippen LogP contribution >= 0.6 is 0 Å². The van der Waals surface area contributed by atoms with Gasteiger partial charge >= 0.3 is 12.1 Å². The van der Waals surface area contributed by atoms with Gasteiger partial charge in [-0.3, -0.25) is 9.52 Å². The van der Waals surface area contributed by atoms with Gasteiger partial charge in [-0.2, -0.15) is 18.3 Å². The van der Waals surface area contributed by atoms with Crippen LogP contribution in [0.1, 0.15) is 11.1 Å². The first-order valence-electron chi connectivity index (χ1n) is 11.7. The minimum Gasteiger partial charge on any atom is -0.475 e. The third-order valence-corrected chi connectivity index (χ3v) is 7.01. The van der Waals surface area contributed by atoms with E-state index in [0.29, 0.717) is 16.8 Å². The van der Waals surface area contributed by atoms with Crippen molar-refractivity contribution in [2.24, 2.45) is 10.9 Å². The van der Waals surface area contributed by atoms with E-state index in [0.717, 1.165) is 23.6 Å². The zero-order valence-electron chi connectivity index (χ0n) is 22.2. The number of alkyl halides is 3. The number of carbonyl (C=O) groups excluding carboxylic acids is 1. The number of hydrazone groups is 1. The van der Waals surface area contributed by atoms with Crippen molar-refractivity contribution in [1.29, 1.82) is 0 Å². The molecule has 0 aromatic heterocycles. The Kier molecular flexibility index (Phi) is 11.2. The third-order valence-electron chi connectivity index (χ3n) is 5.28. The van der Waals surface area contributed by atoms with E-state index in [2.05, 4.69) is 10.4 Å². The van der Waals surface area contributed by atoms with Gasteiger partial charge in [0.15, 0.2) is 9.84 Å². The smallest absolute Gasteiger partial charge is 0.475 e. The molecule has 0 heterocycles. The van der Waals surface area contributed by atoms with Crippen LogP contribution in [0.4, 0.5) is 18.9 Å². The fraction of sp³-hybridized carbons (Fsp3) is 0.192. The number of hydrogen-bond acceptors (Lipinski definition) is 9. The molecule has 42 heavy (non-hydrogen) atoms. The number of carboxylic acid groups (broad SMARTS) is 1. The van der Waals surface area contributed by atoms with Gasteiger partial charge in [0.2, 0.25) is 10.0 Å². The van der Waals surface area contributed by atoms with Gasteiger partial charge < -0.3 is 16.3 Å². The van der Waals surface area contributed by atoms with Crippen LogP contribution in [0.5, 0.6) is 0 Å². The molecule has 16 heteroatoms. The molecule has 0 saturated carbocycles. The molecule has 3 rings (SSSR count). The van der Waals surface area contributed by atoms with Crippen molar-refractivity contribution in [2.75, 3.05) is 17.8 Å². The van der Waals surface area contributed by atoms with Crippen LogP contribution in [0, 0.1) is 0 Å². The summed E-state index contributed by atoms with van der Waals surface area (Å²) in [5, 5.41) is 13.7. The summed E-state index contributed by atoms with van der Waals surface area (Å²) >= 11 is 0. The van der Waals surface area contributed by atoms with Crippen LogP contribution in [0.3, 0.4) is 0 Å².